The van der Waals surface area contributed by atoms with Crippen molar-refractivity contribution >= 4 is 23.1 Å². The van der Waals surface area contributed by atoms with Crippen LogP contribution in [0.4, 0.5) is 0 Å². The molecule has 6 heteroatoms. The zero-order valence-electron chi connectivity index (χ0n) is 18.0. The third-order valence-electron chi connectivity index (χ3n) is 6.52. The summed E-state index contributed by atoms with van der Waals surface area (Å²) in [5, 5.41) is 0. The molecule has 5 nitrogen and oxygen atoms in total. The van der Waals surface area contributed by atoms with E-state index in [0.29, 0.717) is 0 Å². The SMILES string of the molecule is CC(C)(C)c1cc2c3c(c1)Oc1cc(-c4cncnc4)cc4c1B3c1c(cccc1O2)O4. The zero-order valence-corrected chi connectivity index (χ0v) is 18.0. The van der Waals surface area contributed by atoms with Crippen LogP contribution in [0.2, 0.25) is 0 Å². The lowest BCUT2D eigenvalue weighted by Gasteiger charge is -2.38. The molecule has 4 heterocycles. The van der Waals surface area contributed by atoms with Gasteiger partial charge in [-0.15, -0.1) is 0 Å². The largest absolute Gasteiger partial charge is 0.458 e. The standard InChI is InChI=1S/C26H19BN2O3/c1-26(2,3)16-9-21-25-22(10-16)32-20-8-14(15-11-28-13-29-12-15)7-19-24(20)27(25)23-17(30-19)5-4-6-18(23)31-21/h4-13H,1-3H3. The van der Waals surface area contributed by atoms with Crippen LogP contribution < -0.4 is 30.6 Å². The molecule has 3 aliphatic heterocycles. The minimum atomic E-state index is -0.0370. The maximum Gasteiger partial charge on any atom is 0.270 e. The van der Waals surface area contributed by atoms with Crippen molar-refractivity contribution in [3.05, 3.63) is 66.7 Å². The molecule has 32 heavy (non-hydrogen) atoms. The van der Waals surface area contributed by atoms with Crippen LogP contribution in [0.1, 0.15) is 26.3 Å². The molecule has 0 radical (unpaired) electrons. The Bertz CT molecular complexity index is 1440. The summed E-state index contributed by atoms with van der Waals surface area (Å²) in [4.78, 5) is 8.36. The molecule has 0 amide bonds. The number of aromatic nitrogens is 2. The van der Waals surface area contributed by atoms with Crippen molar-refractivity contribution in [1.29, 1.82) is 0 Å². The summed E-state index contributed by atoms with van der Waals surface area (Å²) in [6, 6.07) is 14.4. The number of rotatable bonds is 1. The van der Waals surface area contributed by atoms with Gasteiger partial charge in [-0.05, 0) is 52.9 Å². The van der Waals surface area contributed by atoms with Gasteiger partial charge in [0.2, 0.25) is 0 Å². The molecule has 7 rings (SSSR count). The second-order valence-corrected chi connectivity index (χ2v) is 9.56. The summed E-state index contributed by atoms with van der Waals surface area (Å²) in [5.41, 5.74) is 6.20. The van der Waals surface area contributed by atoms with Crippen LogP contribution in [0.3, 0.4) is 0 Å². The predicted octanol–water partition coefficient (Wildman–Crippen LogP) is 4.27. The molecule has 3 aromatic carbocycles. The highest BCUT2D eigenvalue weighted by Gasteiger charge is 2.47. The van der Waals surface area contributed by atoms with Gasteiger partial charge in [-0.3, -0.25) is 0 Å². The molecule has 0 spiro atoms. The second kappa shape index (κ2) is 5.91. The Morgan fingerprint density at radius 2 is 1.16 bits per heavy atom. The topological polar surface area (TPSA) is 53.5 Å². The lowest BCUT2D eigenvalue weighted by atomic mass is 9.33. The van der Waals surface area contributed by atoms with Gasteiger partial charge in [0.25, 0.3) is 6.71 Å². The molecule has 154 valence electrons. The molecule has 1 aromatic heterocycles. The number of nitrogens with zero attached hydrogens (tertiary/aromatic N) is 2. The summed E-state index contributed by atoms with van der Waals surface area (Å²) in [6.07, 6.45) is 5.14. The Hall–Kier alpha value is -3.80. The third-order valence-corrected chi connectivity index (χ3v) is 6.52. The molecule has 0 saturated carbocycles. The van der Waals surface area contributed by atoms with Crippen molar-refractivity contribution in [2.75, 3.05) is 0 Å². The van der Waals surface area contributed by atoms with Crippen LogP contribution >= 0.6 is 0 Å². The number of benzene rings is 3. The van der Waals surface area contributed by atoms with Crippen LogP contribution in [-0.2, 0) is 5.41 Å². The van der Waals surface area contributed by atoms with Gasteiger partial charge in [0.15, 0.2) is 0 Å². The molecule has 0 unspecified atom stereocenters. The highest BCUT2D eigenvalue weighted by atomic mass is 16.5. The molecule has 0 fully saturated rings. The fourth-order valence-electron chi connectivity index (χ4n) is 4.93. The minimum Gasteiger partial charge on any atom is -0.458 e. The van der Waals surface area contributed by atoms with Crippen molar-refractivity contribution < 1.29 is 14.2 Å². The van der Waals surface area contributed by atoms with E-state index in [1.807, 2.05) is 18.2 Å². The van der Waals surface area contributed by atoms with Crippen LogP contribution in [0.25, 0.3) is 11.1 Å². The zero-order chi connectivity index (χ0) is 21.6. The summed E-state index contributed by atoms with van der Waals surface area (Å²) in [5.74, 6) is 4.98. The Morgan fingerprint density at radius 3 is 1.72 bits per heavy atom. The number of ether oxygens (including phenoxy) is 3. The van der Waals surface area contributed by atoms with E-state index in [1.165, 1.54) is 11.9 Å². The molecular formula is C26H19BN2O3. The second-order valence-electron chi connectivity index (χ2n) is 9.56. The van der Waals surface area contributed by atoms with Crippen molar-refractivity contribution in [3.8, 4) is 45.6 Å². The molecule has 3 aliphatic rings. The highest BCUT2D eigenvalue weighted by molar-refractivity contribution is 6.99. The first-order valence-corrected chi connectivity index (χ1v) is 10.8. The first kappa shape index (κ1) is 17.8. The maximum absolute atomic E-state index is 6.55. The van der Waals surface area contributed by atoms with Crippen LogP contribution in [0.5, 0.6) is 34.5 Å². The van der Waals surface area contributed by atoms with Gasteiger partial charge in [0.1, 0.15) is 40.8 Å². The van der Waals surface area contributed by atoms with Crippen LogP contribution in [0.15, 0.2) is 61.2 Å². The molecular weight excluding hydrogens is 399 g/mol. The first-order valence-electron chi connectivity index (χ1n) is 10.8. The summed E-state index contributed by atoms with van der Waals surface area (Å²) >= 11 is 0. The fourth-order valence-corrected chi connectivity index (χ4v) is 4.93. The van der Waals surface area contributed by atoms with E-state index >= 15 is 0 Å². The lowest BCUT2D eigenvalue weighted by Crippen LogP contribution is -2.59. The smallest absolute Gasteiger partial charge is 0.270 e. The van der Waals surface area contributed by atoms with E-state index in [-0.39, 0.29) is 12.1 Å². The van der Waals surface area contributed by atoms with Gasteiger partial charge < -0.3 is 14.2 Å². The monoisotopic (exact) mass is 418 g/mol. The summed E-state index contributed by atoms with van der Waals surface area (Å²) in [7, 11) is 0. The fraction of sp³-hybridized carbons (Fsp3) is 0.154. The van der Waals surface area contributed by atoms with Gasteiger partial charge >= 0.3 is 0 Å². The normalized spacial score (nSPS) is 14.2. The summed E-state index contributed by atoms with van der Waals surface area (Å²) in [6.45, 7) is 6.62. The average molecular weight is 418 g/mol. The van der Waals surface area contributed by atoms with Crippen molar-refractivity contribution in [3.63, 3.8) is 0 Å². The average Bonchev–Trinajstić information content (AvgIpc) is 2.78. The van der Waals surface area contributed by atoms with Crippen LogP contribution in [-0.4, -0.2) is 16.7 Å². The quantitative estimate of drug-likeness (QED) is 0.373. The Balaban J connectivity index is 1.53. The number of hydrogen-bond acceptors (Lipinski definition) is 5. The Labute approximate surface area is 186 Å². The Morgan fingerprint density at radius 1 is 0.656 bits per heavy atom. The molecule has 0 aliphatic carbocycles. The van der Waals surface area contributed by atoms with Crippen molar-refractivity contribution in [1.82, 2.24) is 9.97 Å². The van der Waals surface area contributed by atoms with Crippen LogP contribution in [0, 0.1) is 0 Å². The first-order chi connectivity index (χ1) is 15.5. The van der Waals surface area contributed by atoms with Gasteiger partial charge in [0.05, 0.1) is 0 Å². The minimum absolute atomic E-state index is 0.0162. The van der Waals surface area contributed by atoms with E-state index in [4.69, 9.17) is 14.2 Å². The maximum atomic E-state index is 6.55. The van der Waals surface area contributed by atoms with Gasteiger partial charge in [-0.25, -0.2) is 9.97 Å². The van der Waals surface area contributed by atoms with Crippen molar-refractivity contribution in [2.24, 2.45) is 0 Å². The van der Waals surface area contributed by atoms with Gasteiger partial charge in [-0.2, -0.15) is 0 Å². The highest BCUT2D eigenvalue weighted by Crippen LogP contribution is 2.44. The molecule has 0 atom stereocenters. The van der Waals surface area contributed by atoms with E-state index < -0.39 is 0 Å². The Kier molecular flexibility index (Phi) is 3.30. The predicted molar refractivity (Wildman–Crippen MR) is 124 cm³/mol. The molecule has 0 bridgehead atoms. The molecule has 0 N–H and O–H groups in total. The summed E-state index contributed by atoms with van der Waals surface area (Å²) < 4.78 is 19.3. The van der Waals surface area contributed by atoms with Gasteiger partial charge in [-0.1, -0.05) is 26.8 Å². The number of hydrogen-bond donors (Lipinski definition) is 0. The van der Waals surface area contributed by atoms with E-state index in [2.05, 4.69) is 55.0 Å². The van der Waals surface area contributed by atoms with E-state index in [9.17, 15) is 0 Å². The van der Waals surface area contributed by atoms with E-state index in [0.717, 1.165) is 62.0 Å². The molecule has 0 saturated heterocycles. The third kappa shape index (κ3) is 2.35. The lowest BCUT2D eigenvalue weighted by molar-refractivity contribution is 0.439. The van der Waals surface area contributed by atoms with E-state index in [1.54, 1.807) is 12.4 Å². The molecule has 4 aromatic rings. The van der Waals surface area contributed by atoms with Gasteiger partial charge in [0, 0.05) is 34.3 Å². The van der Waals surface area contributed by atoms with Crippen molar-refractivity contribution in [2.45, 2.75) is 26.2 Å².